The van der Waals surface area contributed by atoms with Crippen molar-refractivity contribution in [3.63, 3.8) is 0 Å². The molecule has 106 valence electrons. The standard InChI is InChI=1S/C15H19N3OS/c1-11(20-2)8-13-15(12-6-4-3-5-7-12)17-10-18(13)9-14(16)19/h3-7,10-11H,8-9H2,1-2H3,(H2,16,19). The molecule has 0 fully saturated rings. The molecule has 0 aliphatic rings. The zero-order valence-electron chi connectivity index (χ0n) is 11.7. The van der Waals surface area contributed by atoms with Gasteiger partial charge in [-0.25, -0.2) is 4.98 Å². The van der Waals surface area contributed by atoms with Gasteiger partial charge in [0.2, 0.25) is 5.91 Å². The summed E-state index contributed by atoms with van der Waals surface area (Å²) in [5, 5.41) is 0.459. The highest BCUT2D eigenvalue weighted by molar-refractivity contribution is 7.99. The fourth-order valence-corrected chi connectivity index (χ4v) is 2.44. The second-order valence-electron chi connectivity index (χ2n) is 4.75. The molecule has 0 saturated carbocycles. The molecule has 2 aromatic rings. The molecule has 0 bridgehead atoms. The van der Waals surface area contributed by atoms with Crippen LogP contribution in [0.15, 0.2) is 36.7 Å². The first kappa shape index (κ1) is 14.7. The highest BCUT2D eigenvalue weighted by Gasteiger charge is 2.16. The van der Waals surface area contributed by atoms with Crippen molar-refractivity contribution in [1.29, 1.82) is 0 Å². The van der Waals surface area contributed by atoms with Crippen molar-refractivity contribution in [1.82, 2.24) is 9.55 Å². The van der Waals surface area contributed by atoms with Gasteiger partial charge in [0.15, 0.2) is 0 Å². The molecule has 1 aromatic carbocycles. The fourth-order valence-electron chi connectivity index (χ4n) is 2.12. The van der Waals surface area contributed by atoms with Gasteiger partial charge < -0.3 is 10.3 Å². The number of nitrogens with zero attached hydrogens (tertiary/aromatic N) is 2. The van der Waals surface area contributed by atoms with Gasteiger partial charge in [-0.2, -0.15) is 11.8 Å². The lowest BCUT2D eigenvalue weighted by Crippen LogP contribution is -2.20. The van der Waals surface area contributed by atoms with Crippen LogP contribution in [0.2, 0.25) is 0 Å². The molecule has 2 N–H and O–H groups in total. The van der Waals surface area contributed by atoms with Gasteiger partial charge in [0.25, 0.3) is 0 Å². The lowest BCUT2D eigenvalue weighted by molar-refractivity contribution is -0.118. The first-order valence-electron chi connectivity index (χ1n) is 6.52. The summed E-state index contributed by atoms with van der Waals surface area (Å²) in [4.78, 5) is 15.7. The number of rotatable bonds is 6. The Kier molecular flexibility index (Phi) is 4.84. The SMILES string of the molecule is CSC(C)Cc1c(-c2ccccc2)ncn1CC(N)=O. The summed E-state index contributed by atoms with van der Waals surface area (Å²) in [7, 11) is 0. The molecule has 1 unspecified atom stereocenters. The van der Waals surface area contributed by atoms with E-state index in [-0.39, 0.29) is 12.5 Å². The Labute approximate surface area is 123 Å². The van der Waals surface area contributed by atoms with Crippen LogP contribution in [0.1, 0.15) is 12.6 Å². The van der Waals surface area contributed by atoms with Crippen molar-refractivity contribution in [3.05, 3.63) is 42.4 Å². The molecule has 1 amide bonds. The van der Waals surface area contributed by atoms with Gasteiger partial charge in [-0.15, -0.1) is 0 Å². The Morgan fingerprint density at radius 1 is 1.40 bits per heavy atom. The number of carbonyl (C=O) groups excluding carboxylic acids is 1. The number of primary amides is 1. The first-order valence-corrected chi connectivity index (χ1v) is 7.81. The number of hydrogen-bond acceptors (Lipinski definition) is 3. The van der Waals surface area contributed by atoms with Crippen LogP contribution in [-0.4, -0.2) is 27.0 Å². The van der Waals surface area contributed by atoms with Gasteiger partial charge in [-0.3, -0.25) is 4.79 Å². The summed E-state index contributed by atoms with van der Waals surface area (Å²) < 4.78 is 1.86. The molecule has 0 aliphatic heterocycles. The van der Waals surface area contributed by atoms with Gasteiger partial charge in [0.1, 0.15) is 6.54 Å². The third-order valence-electron chi connectivity index (χ3n) is 3.20. The zero-order chi connectivity index (χ0) is 14.5. The Balaban J connectivity index is 2.41. The summed E-state index contributed by atoms with van der Waals surface area (Å²) in [5.74, 6) is -0.347. The van der Waals surface area contributed by atoms with Crippen LogP contribution in [0.4, 0.5) is 0 Å². The molecule has 4 nitrogen and oxygen atoms in total. The summed E-state index contributed by atoms with van der Waals surface area (Å²) in [6, 6.07) is 10.0. The maximum atomic E-state index is 11.2. The minimum absolute atomic E-state index is 0.177. The smallest absolute Gasteiger partial charge is 0.237 e. The van der Waals surface area contributed by atoms with Crippen LogP contribution in [0.5, 0.6) is 0 Å². The summed E-state index contributed by atoms with van der Waals surface area (Å²) >= 11 is 1.80. The molecule has 20 heavy (non-hydrogen) atoms. The van der Waals surface area contributed by atoms with Gasteiger partial charge in [-0.1, -0.05) is 37.3 Å². The summed E-state index contributed by atoms with van der Waals surface area (Å²) in [5.41, 5.74) is 8.38. The van der Waals surface area contributed by atoms with Gasteiger partial charge in [0, 0.05) is 22.9 Å². The van der Waals surface area contributed by atoms with E-state index >= 15 is 0 Å². The Hall–Kier alpha value is -1.75. The first-order chi connectivity index (χ1) is 9.61. The summed E-state index contributed by atoms with van der Waals surface area (Å²) in [6.07, 6.45) is 4.65. The molecule has 1 atom stereocenters. The summed E-state index contributed by atoms with van der Waals surface area (Å²) in [6.45, 7) is 2.34. The monoisotopic (exact) mass is 289 g/mol. The minimum Gasteiger partial charge on any atom is -0.368 e. The van der Waals surface area contributed by atoms with Crippen molar-refractivity contribution in [3.8, 4) is 11.3 Å². The van der Waals surface area contributed by atoms with Crippen molar-refractivity contribution >= 4 is 17.7 Å². The van der Waals surface area contributed by atoms with E-state index in [1.54, 1.807) is 18.1 Å². The van der Waals surface area contributed by atoms with Gasteiger partial charge >= 0.3 is 0 Å². The van der Waals surface area contributed by atoms with E-state index in [1.807, 2.05) is 34.9 Å². The zero-order valence-corrected chi connectivity index (χ0v) is 12.6. The van der Waals surface area contributed by atoms with Crippen molar-refractivity contribution in [2.45, 2.75) is 25.1 Å². The van der Waals surface area contributed by atoms with Crippen LogP contribution < -0.4 is 5.73 Å². The second-order valence-corrected chi connectivity index (χ2v) is 6.03. The van der Waals surface area contributed by atoms with Crippen molar-refractivity contribution in [2.24, 2.45) is 5.73 Å². The van der Waals surface area contributed by atoms with Crippen LogP contribution in [0.3, 0.4) is 0 Å². The predicted molar refractivity (Wildman–Crippen MR) is 83.5 cm³/mol. The molecule has 5 heteroatoms. The van der Waals surface area contributed by atoms with Gasteiger partial charge in [0.05, 0.1) is 12.0 Å². The number of nitrogens with two attached hydrogens (primary N) is 1. The van der Waals surface area contributed by atoms with E-state index < -0.39 is 0 Å². The molecule has 0 radical (unpaired) electrons. The average Bonchev–Trinajstić information content (AvgIpc) is 2.82. The van der Waals surface area contributed by atoms with Crippen LogP contribution in [0, 0.1) is 0 Å². The van der Waals surface area contributed by atoms with E-state index in [4.69, 9.17) is 5.73 Å². The largest absolute Gasteiger partial charge is 0.368 e. The third kappa shape index (κ3) is 3.42. The molecule has 1 heterocycles. The molecular formula is C15H19N3OS. The Bertz CT molecular complexity index is 580. The number of amides is 1. The molecule has 0 spiro atoms. The molecule has 0 saturated heterocycles. The maximum Gasteiger partial charge on any atom is 0.237 e. The average molecular weight is 289 g/mol. The number of thioether (sulfide) groups is 1. The number of benzene rings is 1. The number of imidazole rings is 1. The van der Waals surface area contributed by atoms with Crippen LogP contribution in [0.25, 0.3) is 11.3 Å². The Morgan fingerprint density at radius 2 is 2.10 bits per heavy atom. The van der Waals surface area contributed by atoms with Crippen LogP contribution >= 0.6 is 11.8 Å². The second kappa shape index (κ2) is 6.61. The number of hydrogen-bond donors (Lipinski definition) is 1. The number of carbonyl (C=O) groups is 1. The minimum atomic E-state index is -0.347. The molecule has 1 aromatic heterocycles. The lowest BCUT2D eigenvalue weighted by Gasteiger charge is -2.12. The quantitative estimate of drug-likeness (QED) is 0.888. The van der Waals surface area contributed by atoms with E-state index in [9.17, 15) is 4.79 Å². The molecular weight excluding hydrogens is 270 g/mol. The number of aromatic nitrogens is 2. The van der Waals surface area contributed by atoms with Gasteiger partial charge in [-0.05, 0) is 6.26 Å². The van der Waals surface area contributed by atoms with E-state index in [0.717, 1.165) is 23.4 Å². The third-order valence-corrected chi connectivity index (χ3v) is 4.17. The normalized spacial score (nSPS) is 12.3. The fraction of sp³-hybridized carbons (Fsp3) is 0.333. The molecule has 2 rings (SSSR count). The highest BCUT2D eigenvalue weighted by Crippen LogP contribution is 2.25. The van der Waals surface area contributed by atoms with Crippen LogP contribution in [-0.2, 0) is 17.8 Å². The lowest BCUT2D eigenvalue weighted by atomic mass is 10.1. The van der Waals surface area contributed by atoms with Crippen molar-refractivity contribution in [2.75, 3.05) is 6.26 Å². The maximum absolute atomic E-state index is 11.2. The highest BCUT2D eigenvalue weighted by atomic mass is 32.2. The van der Waals surface area contributed by atoms with E-state index in [1.165, 1.54) is 0 Å². The Morgan fingerprint density at radius 3 is 2.70 bits per heavy atom. The topological polar surface area (TPSA) is 60.9 Å². The van der Waals surface area contributed by atoms with Crippen molar-refractivity contribution < 1.29 is 4.79 Å². The predicted octanol–water partition coefficient (Wildman–Crippen LogP) is 2.33. The van der Waals surface area contributed by atoms with E-state index in [0.29, 0.717) is 5.25 Å². The van der Waals surface area contributed by atoms with E-state index in [2.05, 4.69) is 18.2 Å². The molecule has 0 aliphatic carbocycles.